The molecule has 0 rings (SSSR count). The number of hydrogen-bond donors (Lipinski definition) is 0. The number of hydrogen-bond acceptors (Lipinski definition) is 0. The van der Waals surface area contributed by atoms with Crippen LogP contribution in [0.1, 0.15) is 19.8 Å². The third-order valence-corrected chi connectivity index (χ3v) is 1.40. The average Bonchev–Trinajstić information content (AvgIpc) is 1.81. The smallest absolute Gasteiger partial charge is 0.200 e. The summed E-state index contributed by atoms with van der Waals surface area (Å²) in [6.45, 7) is 0.699. The van der Waals surface area contributed by atoms with Gasteiger partial charge in [-0.15, -0.1) is 0 Å². The van der Waals surface area contributed by atoms with Gasteiger partial charge in [0.15, 0.2) is 0 Å². The molecule has 0 atom stereocenters. The Hall–Kier alpha value is -0.490. The fourth-order valence-corrected chi connectivity index (χ4v) is 0.640. The third kappa shape index (κ3) is 3.40. The lowest BCUT2D eigenvalue weighted by atomic mass is 10.1. The van der Waals surface area contributed by atoms with Gasteiger partial charge >= 0.3 is 18.0 Å². The third-order valence-electron chi connectivity index (χ3n) is 1.40. The molecule has 0 heterocycles. The van der Waals surface area contributed by atoms with E-state index in [1.54, 1.807) is 0 Å². The summed E-state index contributed by atoms with van der Waals surface area (Å²) in [6, 6.07) is 0. The molecule has 0 unspecified atom stereocenters. The quantitative estimate of drug-likeness (QED) is 0.626. The van der Waals surface area contributed by atoms with Gasteiger partial charge in [-0.25, -0.2) is 0 Å². The SMILES string of the molecule is CCC(F)(F)C(F)(F)CC(F)(F)F. The van der Waals surface area contributed by atoms with E-state index in [9.17, 15) is 30.7 Å². The van der Waals surface area contributed by atoms with Crippen molar-refractivity contribution in [3.63, 3.8) is 0 Å². The van der Waals surface area contributed by atoms with Gasteiger partial charge in [-0.2, -0.15) is 30.7 Å². The van der Waals surface area contributed by atoms with Gasteiger partial charge in [0.1, 0.15) is 6.42 Å². The molecule has 0 aliphatic heterocycles. The summed E-state index contributed by atoms with van der Waals surface area (Å²) in [5.41, 5.74) is 0. The van der Waals surface area contributed by atoms with Gasteiger partial charge in [-0.1, -0.05) is 6.92 Å². The summed E-state index contributed by atoms with van der Waals surface area (Å²) in [5.74, 6) is -9.64. The largest absolute Gasteiger partial charge is 0.395 e. The summed E-state index contributed by atoms with van der Waals surface area (Å²) in [6.07, 6.45) is -9.40. The Morgan fingerprint density at radius 1 is 0.769 bits per heavy atom. The molecule has 13 heavy (non-hydrogen) atoms. The molecule has 0 saturated carbocycles. The van der Waals surface area contributed by atoms with Crippen molar-refractivity contribution >= 4 is 0 Å². The van der Waals surface area contributed by atoms with E-state index in [1.807, 2.05) is 0 Å². The summed E-state index contributed by atoms with van der Waals surface area (Å²) in [7, 11) is 0. The Bertz CT molecular complexity index is 168. The van der Waals surface area contributed by atoms with Gasteiger partial charge in [0.2, 0.25) is 0 Å². The van der Waals surface area contributed by atoms with Crippen LogP contribution in [0.3, 0.4) is 0 Å². The van der Waals surface area contributed by atoms with E-state index in [2.05, 4.69) is 0 Å². The minimum absolute atomic E-state index is 0.699. The highest BCUT2D eigenvalue weighted by Gasteiger charge is 2.59. The predicted molar refractivity (Wildman–Crippen MR) is 30.9 cm³/mol. The van der Waals surface area contributed by atoms with Crippen molar-refractivity contribution in [3.8, 4) is 0 Å². The van der Waals surface area contributed by atoms with Crippen LogP contribution in [0.4, 0.5) is 30.7 Å². The van der Waals surface area contributed by atoms with E-state index in [-0.39, 0.29) is 0 Å². The zero-order chi connectivity index (χ0) is 10.9. The molecule has 0 amide bonds. The second-order valence-electron chi connectivity index (χ2n) is 2.55. The normalized spacial score (nSPS) is 14.8. The van der Waals surface area contributed by atoms with Crippen LogP contribution in [0.2, 0.25) is 0 Å². The Balaban J connectivity index is 4.58. The van der Waals surface area contributed by atoms with Crippen LogP contribution in [0, 0.1) is 0 Å². The second kappa shape index (κ2) is 3.34. The highest BCUT2D eigenvalue weighted by Crippen LogP contribution is 2.43. The fraction of sp³-hybridized carbons (Fsp3) is 1.00. The van der Waals surface area contributed by atoms with Gasteiger partial charge in [-0.3, -0.25) is 0 Å². The van der Waals surface area contributed by atoms with Crippen LogP contribution in [-0.4, -0.2) is 18.0 Å². The van der Waals surface area contributed by atoms with Gasteiger partial charge in [-0.05, 0) is 0 Å². The van der Waals surface area contributed by atoms with Crippen molar-refractivity contribution in [1.82, 2.24) is 0 Å². The summed E-state index contributed by atoms with van der Waals surface area (Å²) in [5, 5.41) is 0. The molecular weight excluding hydrogens is 205 g/mol. The van der Waals surface area contributed by atoms with Gasteiger partial charge < -0.3 is 0 Å². The topological polar surface area (TPSA) is 0 Å². The van der Waals surface area contributed by atoms with Crippen LogP contribution in [-0.2, 0) is 0 Å². The summed E-state index contributed by atoms with van der Waals surface area (Å²) >= 11 is 0. The molecule has 7 heteroatoms. The minimum Gasteiger partial charge on any atom is -0.200 e. The van der Waals surface area contributed by atoms with E-state index in [0.29, 0.717) is 6.92 Å². The summed E-state index contributed by atoms with van der Waals surface area (Å²) in [4.78, 5) is 0. The molecule has 0 nitrogen and oxygen atoms in total. The predicted octanol–water partition coefficient (Wildman–Crippen LogP) is 3.62. The molecule has 0 bridgehead atoms. The molecule has 0 aromatic carbocycles. The van der Waals surface area contributed by atoms with E-state index in [4.69, 9.17) is 0 Å². The molecule has 80 valence electrons. The van der Waals surface area contributed by atoms with E-state index in [1.165, 1.54) is 0 Å². The Morgan fingerprint density at radius 3 is 1.38 bits per heavy atom. The maximum absolute atomic E-state index is 12.2. The molecule has 0 spiro atoms. The number of halogens is 7. The minimum atomic E-state index is -5.29. The molecule has 0 N–H and O–H groups in total. The van der Waals surface area contributed by atoms with E-state index < -0.39 is 30.9 Å². The van der Waals surface area contributed by atoms with E-state index in [0.717, 1.165) is 0 Å². The van der Waals surface area contributed by atoms with Crippen molar-refractivity contribution in [1.29, 1.82) is 0 Å². The molecular formula is C6H7F7. The highest BCUT2D eigenvalue weighted by atomic mass is 19.4. The molecule has 0 radical (unpaired) electrons. The lowest BCUT2D eigenvalue weighted by molar-refractivity contribution is -0.264. The zero-order valence-corrected chi connectivity index (χ0v) is 6.56. The lowest BCUT2D eigenvalue weighted by Crippen LogP contribution is -2.43. The van der Waals surface area contributed by atoms with Crippen molar-refractivity contribution in [2.24, 2.45) is 0 Å². The highest BCUT2D eigenvalue weighted by molar-refractivity contribution is 4.85. The van der Waals surface area contributed by atoms with Crippen molar-refractivity contribution < 1.29 is 30.7 Å². The van der Waals surface area contributed by atoms with Crippen LogP contribution in [0.5, 0.6) is 0 Å². The molecule has 0 aliphatic rings. The van der Waals surface area contributed by atoms with Crippen LogP contribution in [0.25, 0.3) is 0 Å². The first-order valence-corrected chi connectivity index (χ1v) is 3.34. The first-order valence-electron chi connectivity index (χ1n) is 3.34. The van der Waals surface area contributed by atoms with Crippen LogP contribution >= 0.6 is 0 Å². The van der Waals surface area contributed by atoms with Crippen molar-refractivity contribution in [3.05, 3.63) is 0 Å². The maximum Gasteiger partial charge on any atom is 0.395 e. The fourth-order valence-electron chi connectivity index (χ4n) is 0.640. The lowest BCUT2D eigenvalue weighted by Gasteiger charge is -2.26. The average molecular weight is 212 g/mol. The zero-order valence-electron chi connectivity index (χ0n) is 6.56. The molecule has 0 aromatic heterocycles. The maximum atomic E-state index is 12.2. The van der Waals surface area contributed by atoms with Crippen molar-refractivity contribution in [2.45, 2.75) is 37.8 Å². The van der Waals surface area contributed by atoms with Gasteiger partial charge in [0, 0.05) is 6.42 Å². The molecule has 0 saturated heterocycles. The van der Waals surface area contributed by atoms with Crippen molar-refractivity contribution in [2.75, 3.05) is 0 Å². The van der Waals surface area contributed by atoms with Gasteiger partial charge in [0.05, 0.1) is 0 Å². The van der Waals surface area contributed by atoms with Crippen LogP contribution < -0.4 is 0 Å². The summed E-state index contributed by atoms with van der Waals surface area (Å²) < 4.78 is 83.1. The Kier molecular flexibility index (Phi) is 3.21. The van der Waals surface area contributed by atoms with Crippen LogP contribution in [0.15, 0.2) is 0 Å². The Morgan fingerprint density at radius 2 is 1.15 bits per heavy atom. The molecule has 0 fully saturated rings. The Labute approximate surface area is 69.7 Å². The molecule has 0 aromatic rings. The second-order valence-corrected chi connectivity index (χ2v) is 2.55. The number of alkyl halides is 7. The standard InChI is InChI=1S/C6H7F7/c1-2-4(7,8)5(9,10)3-6(11,12)13/h2-3H2,1H3. The molecule has 0 aliphatic carbocycles. The number of rotatable bonds is 3. The van der Waals surface area contributed by atoms with Gasteiger partial charge in [0.25, 0.3) is 0 Å². The first-order chi connectivity index (χ1) is 5.52. The van der Waals surface area contributed by atoms with E-state index >= 15 is 0 Å². The monoisotopic (exact) mass is 212 g/mol. The first kappa shape index (κ1) is 12.5.